The number of pyridine rings is 1. The van der Waals surface area contributed by atoms with Crippen molar-refractivity contribution < 1.29 is 0 Å². The summed E-state index contributed by atoms with van der Waals surface area (Å²) in [6.07, 6.45) is 3.55. The van der Waals surface area contributed by atoms with Gasteiger partial charge in [0.05, 0.1) is 0 Å². The quantitative estimate of drug-likeness (QED) is 0.749. The first-order valence-electron chi connectivity index (χ1n) is 4.21. The van der Waals surface area contributed by atoms with Gasteiger partial charge >= 0.3 is 0 Å². The minimum atomic E-state index is 0.647. The molecular weight excluding hydrogens is 180 g/mol. The normalized spacial score (nSPS) is 10.1. The lowest BCUT2D eigenvalue weighted by Crippen LogP contribution is -2.05. The monoisotopic (exact) mass is 190 g/mol. The van der Waals surface area contributed by atoms with Gasteiger partial charge in [-0.1, -0.05) is 11.2 Å². The Morgan fingerprint density at radius 2 is 2.43 bits per heavy atom. The van der Waals surface area contributed by atoms with Crippen molar-refractivity contribution >= 4 is 5.95 Å². The molecule has 0 aliphatic heterocycles. The van der Waals surface area contributed by atoms with Crippen LogP contribution in [0.4, 0.5) is 5.95 Å². The summed E-state index contributed by atoms with van der Waals surface area (Å²) in [5.74, 6) is 0.647. The highest BCUT2D eigenvalue weighted by atomic mass is 15.6. The molecule has 6 heteroatoms. The standard InChI is InChI=1S/C8H10N6/c1-14-8(11-12-13-14)10-6-7-3-2-4-9-5-7/h2-5H,6H2,1H3,(H,10,11,13). The third kappa shape index (κ3) is 1.85. The number of anilines is 1. The largest absolute Gasteiger partial charge is 0.349 e. The Bertz CT molecular complexity index is 395. The van der Waals surface area contributed by atoms with Crippen LogP contribution in [-0.2, 0) is 13.6 Å². The van der Waals surface area contributed by atoms with Crippen molar-refractivity contribution in [2.75, 3.05) is 5.32 Å². The molecule has 2 rings (SSSR count). The second-order valence-corrected chi connectivity index (χ2v) is 2.84. The summed E-state index contributed by atoms with van der Waals surface area (Å²) in [5, 5.41) is 14.1. The molecule has 6 nitrogen and oxygen atoms in total. The summed E-state index contributed by atoms with van der Waals surface area (Å²) in [6.45, 7) is 0.669. The summed E-state index contributed by atoms with van der Waals surface area (Å²) < 4.78 is 1.58. The molecule has 0 radical (unpaired) electrons. The first-order valence-corrected chi connectivity index (χ1v) is 4.21. The molecule has 0 aliphatic carbocycles. The zero-order chi connectivity index (χ0) is 9.80. The highest BCUT2D eigenvalue weighted by Gasteiger charge is 1.99. The van der Waals surface area contributed by atoms with Crippen LogP contribution in [0, 0.1) is 0 Å². The van der Waals surface area contributed by atoms with Crippen molar-refractivity contribution in [2.24, 2.45) is 7.05 Å². The van der Waals surface area contributed by atoms with E-state index in [1.165, 1.54) is 0 Å². The molecule has 0 spiro atoms. The van der Waals surface area contributed by atoms with Crippen LogP contribution < -0.4 is 5.32 Å². The fraction of sp³-hybridized carbons (Fsp3) is 0.250. The predicted molar refractivity (Wildman–Crippen MR) is 50.4 cm³/mol. The molecule has 0 atom stereocenters. The van der Waals surface area contributed by atoms with E-state index in [1.807, 2.05) is 12.1 Å². The molecule has 0 saturated heterocycles. The number of aryl methyl sites for hydroxylation is 1. The minimum Gasteiger partial charge on any atom is -0.349 e. The molecule has 14 heavy (non-hydrogen) atoms. The second kappa shape index (κ2) is 3.82. The zero-order valence-electron chi connectivity index (χ0n) is 7.75. The topological polar surface area (TPSA) is 68.5 Å². The van der Waals surface area contributed by atoms with E-state index in [0.717, 1.165) is 5.56 Å². The van der Waals surface area contributed by atoms with Gasteiger partial charge in [0.15, 0.2) is 0 Å². The van der Waals surface area contributed by atoms with Crippen LogP contribution in [0.15, 0.2) is 24.5 Å². The van der Waals surface area contributed by atoms with E-state index in [9.17, 15) is 0 Å². The van der Waals surface area contributed by atoms with E-state index in [-0.39, 0.29) is 0 Å². The second-order valence-electron chi connectivity index (χ2n) is 2.84. The smallest absolute Gasteiger partial charge is 0.242 e. The molecule has 0 fully saturated rings. The fourth-order valence-corrected chi connectivity index (χ4v) is 1.06. The lowest BCUT2D eigenvalue weighted by atomic mass is 10.3. The third-order valence-corrected chi connectivity index (χ3v) is 1.79. The van der Waals surface area contributed by atoms with E-state index in [2.05, 4.69) is 25.8 Å². The van der Waals surface area contributed by atoms with Crippen LogP contribution in [0.1, 0.15) is 5.56 Å². The zero-order valence-corrected chi connectivity index (χ0v) is 7.75. The fourth-order valence-electron chi connectivity index (χ4n) is 1.06. The first kappa shape index (κ1) is 8.61. The average Bonchev–Trinajstić information content (AvgIpc) is 2.63. The van der Waals surface area contributed by atoms with Crippen LogP contribution in [0.3, 0.4) is 0 Å². The van der Waals surface area contributed by atoms with Crippen molar-refractivity contribution in [3.05, 3.63) is 30.1 Å². The average molecular weight is 190 g/mol. The van der Waals surface area contributed by atoms with E-state index in [1.54, 1.807) is 24.1 Å². The lowest BCUT2D eigenvalue weighted by molar-refractivity contribution is 0.712. The Morgan fingerprint density at radius 1 is 1.50 bits per heavy atom. The van der Waals surface area contributed by atoms with E-state index < -0.39 is 0 Å². The molecule has 0 aliphatic rings. The molecule has 72 valence electrons. The number of aromatic nitrogens is 5. The molecule has 0 bridgehead atoms. The maximum absolute atomic E-state index is 4.01. The van der Waals surface area contributed by atoms with Crippen molar-refractivity contribution in [3.8, 4) is 0 Å². The van der Waals surface area contributed by atoms with Gasteiger partial charge in [-0.05, 0) is 22.1 Å². The molecule has 0 amide bonds. The van der Waals surface area contributed by atoms with Crippen molar-refractivity contribution in [2.45, 2.75) is 6.54 Å². The Balaban J connectivity index is 1.99. The molecule has 1 N–H and O–H groups in total. The number of nitrogens with zero attached hydrogens (tertiary/aromatic N) is 5. The highest BCUT2D eigenvalue weighted by Crippen LogP contribution is 2.01. The van der Waals surface area contributed by atoms with Crippen molar-refractivity contribution in [1.82, 2.24) is 25.2 Å². The van der Waals surface area contributed by atoms with Gasteiger partial charge < -0.3 is 5.32 Å². The predicted octanol–water partition coefficient (Wildman–Crippen LogP) is 0.217. The number of rotatable bonds is 3. The van der Waals surface area contributed by atoms with E-state index in [4.69, 9.17) is 0 Å². The molecule has 0 aromatic carbocycles. The molecular formula is C8H10N6. The van der Waals surface area contributed by atoms with Gasteiger partial charge in [-0.2, -0.15) is 0 Å². The van der Waals surface area contributed by atoms with Gasteiger partial charge in [0.25, 0.3) is 0 Å². The Morgan fingerprint density at radius 3 is 3.07 bits per heavy atom. The van der Waals surface area contributed by atoms with Crippen LogP contribution in [-0.4, -0.2) is 25.2 Å². The third-order valence-electron chi connectivity index (χ3n) is 1.79. The van der Waals surface area contributed by atoms with Crippen LogP contribution in [0.2, 0.25) is 0 Å². The van der Waals surface area contributed by atoms with Gasteiger partial charge in [-0.25, -0.2) is 4.68 Å². The number of hydrogen-bond acceptors (Lipinski definition) is 5. The Hall–Kier alpha value is -1.98. The molecule has 0 unspecified atom stereocenters. The van der Waals surface area contributed by atoms with E-state index in [0.29, 0.717) is 12.5 Å². The maximum Gasteiger partial charge on any atom is 0.242 e. The molecule has 0 saturated carbocycles. The van der Waals surface area contributed by atoms with Gasteiger partial charge in [0, 0.05) is 26.0 Å². The SMILES string of the molecule is Cn1nnnc1NCc1cccnc1. The number of nitrogens with one attached hydrogen (secondary N) is 1. The van der Waals surface area contributed by atoms with Crippen LogP contribution >= 0.6 is 0 Å². The summed E-state index contributed by atoms with van der Waals surface area (Å²) in [5.41, 5.74) is 1.09. The Labute approximate surface area is 81.0 Å². The summed E-state index contributed by atoms with van der Waals surface area (Å²) in [6, 6.07) is 3.88. The number of tetrazole rings is 1. The summed E-state index contributed by atoms with van der Waals surface area (Å²) in [7, 11) is 1.78. The minimum absolute atomic E-state index is 0.647. The summed E-state index contributed by atoms with van der Waals surface area (Å²) >= 11 is 0. The Kier molecular flexibility index (Phi) is 2.35. The maximum atomic E-state index is 4.01. The summed E-state index contributed by atoms with van der Waals surface area (Å²) in [4.78, 5) is 4.01. The van der Waals surface area contributed by atoms with E-state index >= 15 is 0 Å². The number of hydrogen-bond donors (Lipinski definition) is 1. The van der Waals surface area contributed by atoms with Crippen LogP contribution in [0.25, 0.3) is 0 Å². The molecule has 2 aromatic heterocycles. The molecule has 2 heterocycles. The van der Waals surface area contributed by atoms with Gasteiger partial charge in [0.2, 0.25) is 5.95 Å². The van der Waals surface area contributed by atoms with Crippen LogP contribution in [0.5, 0.6) is 0 Å². The van der Waals surface area contributed by atoms with Crippen molar-refractivity contribution in [3.63, 3.8) is 0 Å². The highest BCUT2D eigenvalue weighted by molar-refractivity contribution is 5.24. The molecule has 2 aromatic rings. The van der Waals surface area contributed by atoms with Gasteiger partial charge in [0.1, 0.15) is 0 Å². The lowest BCUT2D eigenvalue weighted by Gasteiger charge is -2.02. The van der Waals surface area contributed by atoms with Gasteiger partial charge in [-0.3, -0.25) is 4.98 Å². The van der Waals surface area contributed by atoms with Gasteiger partial charge in [-0.15, -0.1) is 0 Å². The van der Waals surface area contributed by atoms with Crippen molar-refractivity contribution in [1.29, 1.82) is 0 Å². The first-order chi connectivity index (χ1) is 6.86.